The van der Waals surface area contributed by atoms with Crippen LogP contribution in [0.2, 0.25) is 0 Å². The average molecular weight is 389 g/mol. The van der Waals surface area contributed by atoms with E-state index < -0.39 is 5.92 Å². The molecule has 1 fully saturated rings. The maximum atomic E-state index is 12.4. The van der Waals surface area contributed by atoms with E-state index in [-0.39, 0.29) is 24.0 Å². The average Bonchev–Trinajstić information content (AvgIpc) is 2.94. The number of hydrogen-bond donors (Lipinski definition) is 2. The van der Waals surface area contributed by atoms with Gasteiger partial charge in [0, 0.05) is 23.1 Å². The van der Waals surface area contributed by atoms with Gasteiger partial charge in [0.1, 0.15) is 5.75 Å². The first-order valence-corrected chi connectivity index (χ1v) is 8.40. The number of nitrogens with one attached hydrogen (secondary N) is 1. The van der Waals surface area contributed by atoms with Gasteiger partial charge < -0.3 is 15.3 Å². The van der Waals surface area contributed by atoms with Crippen molar-refractivity contribution in [3.8, 4) is 5.75 Å². The number of amides is 2. The van der Waals surface area contributed by atoms with E-state index in [2.05, 4.69) is 21.2 Å². The predicted molar refractivity (Wildman–Crippen MR) is 96.1 cm³/mol. The molecule has 1 aliphatic rings. The van der Waals surface area contributed by atoms with Crippen LogP contribution < -0.4 is 10.2 Å². The smallest absolute Gasteiger partial charge is 0.229 e. The van der Waals surface area contributed by atoms with Gasteiger partial charge in [-0.3, -0.25) is 9.59 Å². The number of halogens is 1. The van der Waals surface area contributed by atoms with Crippen LogP contribution in [0.3, 0.4) is 0 Å². The first-order valence-electron chi connectivity index (χ1n) is 7.61. The molecule has 6 heteroatoms. The molecule has 0 radical (unpaired) electrons. The van der Waals surface area contributed by atoms with Crippen LogP contribution >= 0.6 is 15.9 Å². The zero-order chi connectivity index (χ0) is 17.3. The number of aromatic hydroxyl groups is 1. The Balaban J connectivity index is 1.73. The quantitative estimate of drug-likeness (QED) is 0.791. The number of anilines is 2. The van der Waals surface area contributed by atoms with Crippen LogP contribution in [0.1, 0.15) is 12.0 Å². The summed E-state index contributed by atoms with van der Waals surface area (Å²) in [4.78, 5) is 26.3. The van der Waals surface area contributed by atoms with Crippen molar-refractivity contribution in [3.63, 3.8) is 0 Å². The highest BCUT2D eigenvalue weighted by atomic mass is 79.9. The van der Waals surface area contributed by atoms with Gasteiger partial charge in [0.2, 0.25) is 11.8 Å². The number of carbonyl (C=O) groups is 2. The monoisotopic (exact) mass is 388 g/mol. The van der Waals surface area contributed by atoms with Crippen molar-refractivity contribution < 1.29 is 14.7 Å². The van der Waals surface area contributed by atoms with E-state index in [9.17, 15) is 14.7 Å². The van der Waals surface area contributed by atoms with Gasteiger partial charge in [0.05, 0.1) is 11.6 Å². The van der Waals surface area contributed by atoms with Crippen molar-refractivity contribution in [2.75, 3.05) is 16.8 Å². The summed E-state index contributed by atoms with van der Waals surface area (Å²) < 4.78 is 0.978. The highest BCUT2D eigenvalue weighted by Gasteiger charge is 2.35. The number of para-hydroxylation sites is 2. The number of carbonyl (C=O) groups excluding carboxylic acids is 2. The summed E-state index contributed by atoms with van der Waals surface area (Å²) in [5.74, 6) is -0.771. The minimum Gasteiger partial charge on any atom is -0.506 e. The van der Waals surface area contributed by atoms with E-state index in [0.29, 0.717) is 12.2 Å². The number of benzene rings is 2. The highest BCUT2D eigenvalue weighted by molar-refractivity contribution is 9.10. The molecule has 124 valence electrons. The van der Waals surface area contributed by atoms with Gasteiger partial charge in [0.25, 0.3) is 0 Å². The van der Waals surface area contributed by atoms with Crippen molar-refractivity contribution in [1.29, 1.82) is 0 Å². The normalized spacial score (nSPS) is 17.2. The summed E-state index contributed by atoms with van der Waals surface area (Å²) in [5.41, 5.74) is 2.17. The molecule has 1 aliphatic heterocycles. The van der Waals surface area contributed by atoms with Gasteiger partial charge in [-0.15, -0.1) is 0 Å². The Morgan fingerprint density at radius 2 is 2.04 bits per heavy atom. The van der Waals surface area contributed by atoms with Crippen LogP contribution in [0, 0.1) is 12.8 Å². The van der Waals surface area contributed by atoms with Crippen LogP contribution in [0.5, 0.6) is 5.75 Å². The zero-order valence-corrected chi connectivity index (χ0v) is 14.7. The second-order valence-corrected chi connectivity index (χ2v) is 6.70. The minimum atomic E-state index is -0.443. The Morgan fingerprint density at radius 3 is 2.75 bits per heavy atom. The van der Waals surface area contributed by atoms with Crippen LogP contribution in [0.15, 0.2) is 46.9 Å². The molecule has 0 aliphatic carbocycles. The fourth-order valence-electron chi connectivity index (χ4n) is 2.74. The molecule has 0 bridgehead atoms. The van der Waals surface area contributed by atoms with Crippen molar-refractivity contribution in [2.45, 2.75) is 13.3 Å². The lowest BCUT2D eigenvalue weighted by Crippen LogP contribution is -2.28. The number of rotatable bonds is 3. The second-order valence-electron chi connectivity index (χ2n) is 5.85. The molecule has 5 nitrogen and oxygen atoms in total. The molecule has 2 N–H and O–H groups in total. The van der Waals surface area contributed by atoms with E-state index in [1.165, 1.54) is 6.07 Å². The third-order valence-electron chi connectivity index (χ3n) is 4.11. The molecule has 2 aromatic rings. The molecule has 1 heterocycles. The third kappa shape index (κ3) is 3.28. The van der Waals surface area contributed by atoms with Crippen LogP contribution in [0.4, 0.5) is 11.4 Å². The van der Waals surface area contributed by atoms with Gasteiger partial charge in [-0.25, -0.2) is 0 Å². The molecule has 24 heavy (non-hydrogen) atoms. The summed E-state index contributed by atoms with van der Waals surface area (Å²) >= 11 is 3.44. The van der Waals surface area contributed by atoms with E-state index in [1.807, 2.05) is 25.1 Å². The van der Waals surface area contributed by atoms with Gasteiger partial charge in [-0.1, -0.05) is 28.1 Å². The number of aryl methyl sites for hydroxylation is 1. The van der Waals surface area contributed by atoms with Crippen molar-refractivity contribution >= 4 is 39.1 Å². The number of phenolic OH excluding ortho intramolecular Hbond substituents is 1. The summed E-state index contributed by atoms with van der Waals surface area (Å²) in [6, 6.07) is 12.2. The van der Waals surface area contributed by atoms with Gasteiger partial charge in [-0.05, 0) is 42.8 Å². The predicted octanol–water partition coefficient (Wildman–Crippen LogP) is 3.45. The SMILES string of the molecule is Cc1cc(N2CC(C(=O)Nc3ccccc3O)CC2=O)ccc1Br. The number of hydrogen-bond acceptors (Lipinski definition) is 3. The van der Waals surface area contributed by atoms with Crippen LogP contribution in [-0.2, 0) is 9.59 Å². The Bertz CT molecular complexity index is 807. The van der Waals surface area contributed by atoms with E-state index in [0.717, 1.165) is 15.7 Å². The fourth-order valence-corrected chi connectivity index (χ4v) is 2.99. The Hall–Kier alpha value is -2.34. The van der Waals surface area contributed by atoms with Crippen LogP contribution in [0.25, 0.3) is 0 Å². The highest BCUT2D eigenvalue weighted by Crippen LogP contribution is 2.30. The Kier molecular flexibility index (Phi) is 4.57. The molecule has 2 aromatic carbocycles. The first kappa shape index (κ1) is 16.5. The second kappa shape index (κ2) is 6.65. The summed E-state index contributed by atoms with van der Waals surface area (Å²) in [6.07, 6.45) is 0.161. The lowest BCUT2D eigenvalue weighted by atomic mass is 10.1. The van der Waals surface area contributed by atoms with E-state index in [1.54, 1.807) is 23.1 Å². The van der Waals surface area contributed by atoms with Crippen molar-refractivity contribution in [1.82, 2.24) is 0 Å². The lowest BCUT2D eigenvalue weighted by Gasteiger charge is -2.18. The van der Waals surface area contributed by atoms with Gasteiger partial charge in [-0.2, -0.15) is 0 Å². The lowest BCUT2D eigenvalue weighted by molar-refractivity contribution is -0.122. The summed E-state index contributed by atoms with van der Waals surface area (Å²) in [6.45, 7) is 2.29. The standard InChI is InChI=1S/C18H17BrN2O3/c1-11-8-13(6-7-14(11)19)21-10-12(9-17(21)23)18(24)20-15-4-2-3-5-16(15)22/h2-8,12,22H,9-10H2,1H3,(H,20,24). The van der Waals surface area contributed by atoms with Crippen molar-refractivity contribution in [2.24, 2.45) is 5.92 Å². The molecule has 0 spiro atoms. The van der Waals surface area contributed by atoms with Crippen molar-refractivity contribution in [3.05, 3.63) is 52.5 Å². The maximum Gasteiger partial charge on any atom is 0.229 e. The molecule has 0 aromatic heterocycles. The van der Waals surface area contributed by atoms with Gasteiger partial charge in [0.15, 0.2) is 0 Å². The van der Waals surface area contributed by atoms with E-state index in [4.69, 9.17) is 0 Å². The third-order valence-corrected chi connectivity index (χ3v) is 5.00. The Morgan fingerprint density at radius 1 is 1.29 bits per heavy atom. The molecular weight excluding hydrogens is 372 g/mol. The molecule has 1 atom stereocenters. The molecular formula is C18H17BrN2O3. The molecule has 3 rings (SSSR count). The molecule has 1 unspecified atom stereocenters. The maximum absolute atomic E-state index is 12.4. The minimum absolute atomic E-state index is 0.00978. The number of phenols is 1. The fraction of sp³-hybridized carbons (Fsp3) is 0.222. The molecule has 1 saturated heterocycles. The Labute approximate surface area is 148 Å². The summed E-state index contributed by atoms with van der Waals surface area (Å²) in [7, 11) is 0. The topological polar surface area (TPSA) is 69.6 Å². The molecule has 2 amide bonds. The number of nitrogens with zero attached hydrogens (tertiary/aromatic N) is 1. The van der Waals surface area contributed by atoms with E-state index >= 15 is 0 Å². The van der Waals surface area contributed by atoms with Crippen LogP contribution in [-0.4, -0.2) is 23.5 Å². The van der Waals surface area contributed by atoms with Gasteiger partial charge >= 0.3 is 0 Å². The largest absolute Gasteiger partial charge is 0.506 e. The molecule has 0 saturated carbocycles. The first-order chi connectivity index (χ1) is 11.5. The zero-order valence-electron chi connectivity index (χ0n) is 13.1. The summed E-state index contributed by atoms with van der Waals surface area (Å²) in [5, 5.41) is 12.4.